The van der Waals surface area contributed by atoms with Crippen LogP contribution in [0.4, 0.5) is 5.69 Å². The van der Waals surface area contributed by atoms with Crippen LogP contribution in [0, 0.1) is 11.3 Å². The van der Waals surface area contributed by atoms with Gasteiger partial charge in [0.25, 0.3) is 0 Å². The van der Waals surface area contributed by atoms with E-state index in [1.54, 1.807) is 0 Å². The van der Waals surface area contributed by atoms with Crippen molar-refractivity contribution in [2.75, 3.05) is 5.32 Å². The molecule has 2 rings (SSSR count). The Kier molecular flexibility index (Phi) is 4.07. The van der Waals surface area contributed by atoms with Crippen molar-refractivity contribution in [3.05, 3.63) is 24.3 Å². The maximum atomic E-state index is 11.8. The van der Waals surface area contributed by atoms with E-state index in [1.807, 2.05) is 30.3 Å². The van der Waals surface area contributed by atoms with Gasteiger partial charge in [-0.3, -0.25) is 9.59 Å². The van der Waals surface area contributed by atoms with E-state index in [9.17, 15) is 9.59 Å². The number of thioether (sulfide) groups is 1. The first-order valence-electron chi connectivity index (χ1n) is 5.76. The second-order valence-corrected chi connectivity index (χ2v) is 5.30. The molecule has 1 amide bonds. The highest BCUT2D eigenvalue weighted by Crippen LogP contribution is 2.36. The van der Waals surface area contributed by atoms with Gasteiger partial charge in [-0.15, -0.1) is 11.8 Å². The Labute approximate surface area is 114 Å². The van der Waals surface area contributed by atoms with Gasteiger partial charge >= 0.3 is 5.97 Å². The number of nitriles is 1. The zero-order chi connectivity index (χ0) is 13.8. The molecule has 1 aromatic carbocycles. The number of rotatable bonds is 3. The fourth-order valence-corrected chi connectivity index (χ4v) is 2.75. The van der Waals surface area contributed by atoms with Crippen molar-refractivity contribution < 1.29 is 14.3 Å². The molecule has 0 radical (unpaired) electrons. The summed E-state index contributed by atoms with van der Waals surface area (Å²) in [6.07, 6.45) is -0.840. The lowest BCUT2D eigenvalue weighted by Gasteiger charge is -2.23. The number of carbonyl (C=O) groups excluding carboxylic acids is 2. The van der Waals surface area contributed by atoms with E-state index in [-0.39, 0.29) is 12.3 Å². The SMILES string of the molecule is C[C@H](C#N)OC(=O)C[C@H]1Sc2ccccc2NC1=O. The summed E-state index contributed by atoms with van der Waals surface area (Å²) in [5.41, 5.74) is 0.757. The highest BCUT2D eigenvalue weighted by atomic mass is 32.2. The summed E-state index contributed by atoms with van der Waals surface area (Å²) < 4.78 is 4.85. The van der Waals surface area contributed by atoms with E-state index in [4.69, 9.17) is 10.00 Å². The number of benzene rings is 1. The first-order valence-corrected chi connectivity index (χ1v) is 6.64. The van der Waals surface area contributed by atoms with Crippen molar-refractivity contribution in [2.45, 2.75) is 29.6 Å². The van der Waals surface area contributed by atoms with E-state index < -0.39 is 17.3 Å². The molecule has 1 N–H and O–H groups in total. The fraction of sp³-hybridized carbons (Fsp3) is 0.308. The average Bonchev–Trinajstić information content (AvgIpc) is 2.39. The molecule has 0 fully saturated rings. The molecule has 6 heteroatoms. The molecule has 1 aliphatic heterocycles. The van der Waals surface area contributed by atoms with Crippen molar-refractivity contribution in [3.8, 4) is 6.07 Å². The molecule has 0 bridgehead atoms. The van der Waals surface area contributed by atoms with Gasteiger partial charge in [0.2, 0.25) is 5.91 Å². The third-order valence-electron chi connectivity index (χ3n) is 2.55. The first-order chi connectivity index (χ1) is 9.10. The minimum absolute atomic E-state index is 0.0448. The molecule has 98 valence electrons. The summed E-state index contributed by atoms with van der Waals surface area (Å²) in [6.45, 7) is 1.49. The van der Waals surface area contributed by atoms with Gasteiger partial charge in [-0.25, -0.2) is 0 Å². The molecule has 0 saturated heterocycles. The minimum Gasteiger partial charge on any atom is -0.447 e. The van der Waals surface area contributed by atoms with Crippen LogP contribution in [-0.2, 0) is 14.3 Å². The van der Waals surface area contributed by atoms with Gasteiger partial charge in [0, 0.05) is 4.90 Å². The number of hydrogen-bond donors (Lipinski definition) is 1. The summed E-state index contributed by atoms with van der Waals surface area (Å²) in [4.78, 5) is 24.3. The first kappa shape index (κ1) is 13.4. The van der Waals surface area contributed by atoms with Gasteiger partial charge in [-0.1, -0.05) is 12.1 Å². The van der Waals surface area contributed by atoms with Crippen LogP contribution in [0.5, 0.6) is 0 Å². The van der Waals surface area contributed by atoms with Gasteiger partial charge in [0.05, 0.1) is 17.4 Å². The van der Waals surface area contributed by atoms with Crippen molar-refractivity contribution >= 4 is 29.3 Å². The molecular formula is C13H12N2O3S. The summed E-state index contributed by atoms with van der Waals surface area (Å²) in [5, 5.41) is 10.8. The molecule has 5 nitrogen and oxygen atoms in total. The Balaban J connectivity index is 2.01. The Hall–Kier alpha value is -2.00. The van der Waals surface area contributed by atoms with Crippen LogP contribution in [0.1, 0.15) is 13.3 Å². The van der Waals surface area contributed by atoms with Crippen molar-refractivity contribution in [1.29, 1.82) is 5.26 Å². The monoisotopic (exact) mass is 276 g/mol. The van der Waals surface area contributed by atoms with Crippen LogP contribution in [0.25, 0.3) is 0 Å². The molecule has 1 aromatic rings. The van der Waals surface area contributed by atoms with Crippen LogP contribution < -0.4 is 5.32 Å². The number of fused-ring (bicyclic) bond motifs is 1. The normalized spacial score (nSPS) is 18.7. The Morgan fingerprint density at radius 2 is 2.32 bits per heavy atom. The molecule has 0 aromatic heterocycles. The van der Waals surface area contributed by atoms with Crippen LogP contribution in [0.15, 0.2) is 29.2 Å². The molecule has 0 unspecified atom stereocenters. The fourth-order valence-electron chi connectivity index (χ4n) is 1.65. The zero-order valence-corrected chi connectivity index (χ0v) is 11.1. The maximum absolute atomic E-state index is 11.8. The van der Waals surface area contributed by atoms with Crippen LogP contribution in [0.2, 0.25) is 0 Å². The maximum Gasteiger partial charge on any atom is 0.308 e. The van der Waals surface area contributed by atoms with E-state index in [1.165, 1.54) is 18.7 Å². The predicted molar refractivity (Wildman–Crippen MR) is 70.5 cm³/mol. The second kappa shape index (κ2) is 5.76. The Bertz CT molecular complexity index is 553. The number of amides is 1. The zero-order valence-electron chi connectivity index (χ0n) is 10.3. The lowest BCUT2D eigenvalue weighted by Crippen LogP contribution is -2.32. The summed E-state index contributed by atoms with van der Waals surface area (Å²) >= 11 is 1.33. The highest BCUT2D eigenvalue weighted by molar-refractivity contribution is 8.01. The summed E-state index contributed by atoms with van der Waals surface area (Å²) in [5.74, 6) is -0.758. The number of carbonyl (C=O) groups is 2. The molecule has 19 heavy (non-hydrogen) atoms. The van der Waals surface area contributed by atoms with Crippen molar-refractivity contribution in [3.63, 3.8) is 0 Å². The number of nitrogens with zero attached hydrogens (tertiary/aromatic N) is 1. The lowest BCUT2D eigenvalue weighted by molar-refractivity contribution is -0.146. The van der Waals surface area contributed by atoms with Crippen molar-refractivity contribution in [1.82, 2.24) is 0 Å². The second-order valence-electron chi connectivity index (χ2n) is 4.06. The Morgan fingerprint density at radius 1 is 1.58 bits per heavy atom. The number of para-hydroxylation sites is 1. The summed E-state index contributed by atoms with van der Waals surface area (Å²) in [7, 11) is 0. The van der Waals surface area contributed by atoms with Gasteiger partial charge < -0.3 is 10.1 Å². The van der Waals surface area contributed by atoms with Gasteiger partial charge in [0.15, 0.2) is 6.10 Å². The number of anilines is 1. The third-order valence-corrected chi connectivity index (χ3v) is 3.82. The Morgan fingerprint density at radius 3 is 3.05 bits per heavy atom. The highest BCUT2D eigenvalue weighted by Gasteiger charge is 2.29. The van der Waals surface area contributed by atoms with Crippen molar-refractivity contribution in [2.24, 2.45) is 0 Å². The lowest BCUT2D eigenvalue weighted by atomic mass is 10.2. The van der Waals surface area contributed by atoms with Crippen LogP contribution >= 0.6 is 11.8 Å². The standard InChI is InChI=1S/C13H12N2O3S/c1-8(7-14)18-12(16)6-11-13(17)15-9-4-2-3-5-10(9)19-11/h2-5,8,11H,6H2,1H3,(H,15,17)/t8-,11-/m1/s1. The molecule has 1 aliphatic rings. The molecule has 0 aliphatic carbocycles. The summed E-state index contributed by atoms with van der Waals surface area (Å²) in [6, 6.07) is 9.21. The molecule has 2 atom stereocenters. The number of nitrogens with one attached hydrogen (secondary N) is 1. The molecule has 0 saturated carbocycles. The van der Waals surface area contributed by atoms with E-state index >= 15 is 0 Å². The van der Waals surface area contributed by atoms with Gasteiger partial charge in [-0.2, -0.15) is 5.26 Å². The van der Waals surface area contributed by atoms with Gasteiger partial charge in [-0.05, 0) is 19.1 Å². The van der Waals surface area contributed by atoms with E-state index in [0.717, 1.165) is 10.6 Å². The van der Waals surface area contributed by atoms with Crippen LogP contribution in [-0.4, -0.2) is 23.2 Å². The molecular weight excluding hydrogens is 264 g/mol. The van der Waals surface area contributed by atoms with Crippen LogP contribution in [0.3, 0.4) is 0 Å². The van der Waals surface area contributed by atoms with E-state index in [0.29, 0.717) is 0 Å². The molecule has 1 heterocycles. The van der Waals surface area contributed by atoms with E-state index in [2.05, 4.69) is 5.32 Å². The number of ether oxygens (including phenoxy) is 1. The minimum atomic E-state index is -0.795. The average molecular weight is 276 g/mol. The topological polar surface area (TPSA) is 79.2 Å². The quantitative estimate of drug-likeness (QED) is 0.853. The number of hydrogen-bond acceptors (Lipinski definition) is 5. The largest absolute Gasteiger partial charge is 0.447 e. The predicted octanol–water partition coefficient (Wildman–Crippen LogP) is 1.94. The van der Waals surface area contributed by atoms with Gasteiger partial charge in [0.1, 0.15) is 6.07 Å². The third kappa shape index (κ3) is 3.26. The smallest absolute Gasteiger partial charge is 0.308 e. The molecule has 0 spiro atoms. The number of esters is 1.